The fourth-order valence-corrected chi connectivity index (χ4v) is 2.89. The fraction of sp³-hybridized carbons (Fsp3) is 0.111. The minimum atomic E-state index is -0.459. The van der Waals surface area contributed by atoms with E-state index in [4.69, 9.17) is 16.3 Å². The molecule has 0 N–H and O–H groups in total. The third kappa shape index (κ3) is 2.62. The van der Waals surface area contributed by atoms with Crippen molar-refractivity contribution in [1.82, 2.24) is 4.40 Å². The first-order chi connectivity index (χ1) is 11.2. The van der Waals surface area contributed by atoms with E-state index in [1.807, 2.05) is 12.1 Å². The number of aldehydes is 1. The summed E-state index contributed by atoms with van der Waals surface area (Å²) in [5.74, 6) is -0.459. The molecule has 2 heterocycles. The Morgan fingerprint density at radius 3 is 2.78 bits per heavy atom. The van der Waals surface area contributed by atoms with E-state index in [0.717, 1.165) is 6.29 Å². The maximum absolute atomic E-state index is 12.5. The quantitative estimate of drug-likeness (QED) is 0.531. The van der Waals surface area contributed by atoms with Crippen LogP contribution >= 0.6 is 11.6 Å². The second-order valence-electron chi connectivity index (χ2n) is 4.94. The number of fused-ring (bicyclic) bond motifs is 1. The molecule has 5 heteroatoms. The molecule has 0 amide bonds. The van der Waals surface area contributed by atoms with Gasteiger partial charge in [0.1, 0.15) is 0 Å². The zero-order valence-corrected chi connectivity index (χ0v) is 13.2. The van der Waals surface area contributed by atoms with Crippen LogP contribution in [0, 0.1) is 0 Å². The van der Waals surface area contributed by atoms with Crippen molar-refractivity contribution in [3.63, 3.8) is 0 Å². The highest BCUT2D eigenvalue weighted by Crippen LogP contribution is 2.34. The lowest BCUT2D eigenvalue weighted by Gasteiger charge is -2.06. The number of hydrogen-bond donors (Lipinski definition) is 0. The summed E-state index contributed by atoms with van der Waals surface area (Å²) in [4.78, 5) is 24.2. The van der Waals surface area contributed by atoms with Gasteiger partial charge in [-0.05, 0) is 36.8 Å². The molecule has 0 radical (unpaired) electrons. The van der Waals surface area contributed by atoms with E-state index in [9.17, 15) is 9.59 Å². The van der Waals surface area contributed by atoms with Crippen molar-refractivity contribution < 1.29 is 14.3 Å². The van der Waals surface area contributed by atoms with Crippen molar-refractivity contribution in [2.24, 2.45) is 0 Å². The predicted octanol–water partition coefficient (Wildman–Crippen LogP) is 4.25. The Kier molecular flexibility index (Phi) is 4.17. The number of esters is 1. The van der Waals surface area contributed by atoms with Gasteiger partial charge in [-0.25, -0.2) is 4.79 Å². The number of ether oxygens (including phenoxy) is 1. The Balaban J connectivity index is 2.40. The van der Waals surface area contributed by atoms with Gasteiger partial charge >= 0.3 is 5.97 Å². The Labute approximate surface area is 138 Å². The van der Waals surface area contributed by atoms with E-state index in [1.165, 1.54) is 0 Å². The van der Waals surface area contributed by atoms with Gasteiger partial charge < -0.3 is 9.14 Å². The van der Waals surface area contributed by atoms with Gasteiger partial charge in [0.05, 0.1) is 23.4 Å². The molecule has 0 atom stereocenters. The highest BCUT2D eigenvalue weighted by molar-refractivity contribution is 6.31. The second-order valence-corrected chi connectivity index (χ2v) is 5.38. The molecule has 0 saturated carbocycles. The van der Waals surface area contributed by atoms with E-state index < -0.39 is 5.97 Å². The molecule has 0 saturated heterocycles. The molecule has 116 valence electrons. The van der Waals surface area contributed by atoms with Crippen molar-refractivity contribution in [3.05, 3.63) is 64.9 Å². The summed E-state index contributed by atoms with van der Waals surface area (Å²) >= 11 is 6.07. The summed E-state index contributed by atoms with van der Waals surface area (Å²) in [5.41, 5.74) is 2.63. The summed E-state index contributed by atoms with van der Waals surface area (Å²) in [6.45, 7) is 2.00. The first kappa shape index (κ1) is 15.3. The Morgan fingerprint density at radius 2 is 2.09 bits per heavy atom. The fourth-order valence-electron chi connectivity index (χ4n) is 2.70. The van der Waals surface area contributed by atoms with Gasteiger partial charge in [0, 0.05) is 16.8 Å². The number of halogens is 1. The lowest BCUT2D eigenvalue weighted by molar-refractivity contribution is 0.0529. The molecule has 2 aromatic heterocycles. The average molecular weight is 328 g/mol. The summed E-state index contributed by atoms with van der Waals surface area (Å²) in [5, 5.41) is 0.532. The molecule has 0 aliphatic heterocycles. The molecule has 0 unspecified atom stereocenters. The van der Waals surface area contributed by atoms with Crippen LogP contribution in [0.1, 0.15) is 27.8 Å². The highest BCUT2D eigenvalue weighted by atomic mass is 35.5. The maximum Gasteiger partial charge on any atom is 0.340 e. The number of aromatic nitrogens is 1. The van der Waals surface area contributed by atoms with Gasteiger partial charge in [0.25, 0.3) is 0 Å². The zero-order chi connectivity index (χ0) is 16.4. The van der Waals surface area contributed by atoms with Gasteiger partial charge in [-0.3, -0.25) is 4.79 Å². The molecule has 3 rings (SSSR count). The number of rotatable bonds is 4. The standard InChI is InChI=1S/C18H14ClNO3/c1-2-23-18(22)17-14-8-3-4-9-20(14)15(11-21)16(17)12-6-5-7-13(19)10-12/h3-11H,2H2,1H3. The lowest BCUT2D eigenvalue weighted by atomic mass is 10.0. The highest BCUT2D eigenvalue weighted by Gasteiger charge is 2.25. The van der Waals surface area contributed by atoms with Crippen LogP contribution < -0.4 is 0 Å². The molecule has 0 aliphatic carbocycles. The number of hydrogen-bond acceptors (Lipinski definition) is 3. The molecule has 0 fully saturated rings. The average Bonchev–Trinajstić information content (AvgIpc) is 2.89. The molecular formula is C18H14ClNO3. The monoisotopic (exact) mass is 327 g/mol. The summed E-state index contributed by atoms with van der Waals surface area (Å²) in [6.07, 6.45) is 2.49. The van der Waals surface area contributed by atoms with Crippen LogP contribution in [0.2, 0.25) is 5.02 Å². The minimum absolute atomic E-state index is 0.258. The molecule has 0 bridgehead atoms. The first-order valence-electron chi connectivity index (χ1n) is 7.18. The summed E-state index contributed by atoms with van der Waals surface area (Å²) < 4.78 is 6.88. The van der Waals surface area contributed by atoms with Crippen LogP contribution in [0.5, 0.6) is 0 Å². The van der Waals surface area contributed by atoms with Crippen molar-refractivity contribution in [1.29, 1.82) is 0 Å². The number of carbonyl (C=O) groups excluding carboxylic acids is 2. The summed E-state index contributed by atoms with van der Waals surface area (Å²) in [6, 6.07) is 12.5. The van der Waals surface area contributed by atoms with E-state index in [1.54, 1.807) is 47.9 Å². The smallest absolute Gasteiger partial charge is 0.340 e. The molecule has 4 nitrogen and oxygen atoms in total. The molecule has 3 aromatic rings. The maximum atomic E-state index is 12.5. The van der Waals surface area contributed by atoms with Gasteiger partial charge in [-0.15, -0.1) is 0 Å². The number of benzene rings is 1. The summed E-state index contributed by atoms with van der Waals surface area (Å²) in [7, 11) is 0. The molecule has 0 aliphatic rings. The van der Waals surface area contributed by atoms with Gasteiger partial charge in [-0.1, -0.05) is 29.8 Å². The van der Waals surface area contributed by atoms with Gasteiger partial charge in [0.15, 0.2) is 6.29 Å². The van der Waals surface area contributed by atoms with E-state index in [0.29, 0.717) is 32.9 Å². The van der Waals surface area contributed by atoms with Crippen molar-refractivity contribution in [2.75, 3.05) is 6.61 Å². The van der Waals surface area contributed by atoms with Crippen molar-refractivity contribution >= 4 is 29.4 Å². The van der Waals surface area contributed by atoms with Crippen LogP contribution in [-0.2, 0) is 4.74 Å². The third-order valence-electron chi connectivity index (χ3n) is 3.59. The largest absolute Gasteiger partial charge is 0.462 e. The van der Waals surface area contributed by atoms with Gasteiger partial charge in [-0.2, -0.15) is 0 Å². The number of carbonyl (C=O) groups is 2. The zero-order valence-electron chi connectivity index (χ0n) is 12.5. The van der Waals surface area contributed by atoms with Crippen molar-refractivity contribution in [3.8, 4) is 11.1 Å². The van der Waals surface area contributed by atoms with Crippen LogP contribution in [0.15, 0.2) is 48.7 Å². The van der Waals surface area contributed by atoms with Crippen molar-refractivity contribution in [2.45, 2.75) is 6.92 Å². The Hall–Kier alpha value is -2.59. The molecule has 1 aromatic carbocycles. The van der Waals surface area contributed by atoms with E-state index >= 15 is 0 Å². The Morgan fingerprint density at radius 1 is 1.26 bits per heavy atom. The number of pyridine rings is 1. The molecular weight excluding hydrogens is 314 g/mol. The van der Waals surface area contributed by atoms with E-state index in [-0.39, 0.29) is 6.61 Å². The van der Waals surface area contributed by atoms with E-state index in [2.05, 4.69) is 0 Å². The predicted molar refractivity (Wildman–Crippen MR) is 89.2 cm³/mol. The first-order valence-corrected chi connectivity index (χ1v) is 7.56. The molecule has 0 spiro atoms. The normalized spacial score (nSPS) is 10.7. The van der Waals surface area contributed by atoms with Crippen LogP contribution in [0.3, 0.4) is 0 Å². The SMILES string of the molecule is CCOC(=O)c1c(-c2cccc(Cl)c2)c(C=O)n2ccccc12. The molecule has 23 heavy (non-hydrogen) atoms. The minimum Gasteiger partial charge on any atom is -0.462 e. The lowest BCUT2D eigenvalue weighted by Crippen LogP contribution is -2.05. The second kappa shape index (κ2) is 6.26. The third-order valence-corrected chi connectivity index (χ3v) is 3.82. The Bertz CT molecular complexity index is 898. The van der Waals surface area contributed by atoms with Crippen LogP contribution in [-0.4, -0.2) is 23.3 Å². The number of nitrogens with zero attached hydrogens (tertiary/aromatic N) is 1. The van der Waals surface area contributed by atoms with Crippen LogP contribution in [0.25, 0.3) is 16.6 Å². The van der Waals surface area contributed by atoms with Gasteiger partial charge in [0.2, 0.25) is 0 Å². The topological polar surface area (TPSA) is 47.8 Å². The van der Waals surface area contributed by atoms with Crippen LogP contribution in [0.4, 0.5) is 0 Å².